The van der Waals surface area contributed by atoms with Crippen molar-refractivity contribution in [3.05, 3.63) is 70.0 Å². The van der Waals surface area contributed by atoms with Crippen LogP contribution in [-0.2, 0) is 16.1 Å². The third kappa shape index (κ3) is 4.24. The molecule has 0 radical (unpaired) electrons. The lowest BCUT2D eigenvalue weighted by Gasteiger charge is -2.07. The molecule has 31 heavy (non-hydrogen) atoms. The second-order valence-corrected chi connectivity index (χ2v) is 7.55. The van der Waals surface area contributed by atoms with Gasteiger partial charge in [-0.05, 0) is 38.1 Å². The Morgan fingerprint density at radius 2 is 1.87 bits per heavy atom. The summed E-state index contributed by atoms with van der Waals surface area (Å²) in [7, 11) is 0. The third-order valence-corrected chi connectivity index (χ3v) is 5.64. The maximum Gasteiger partial charge on any atom is 0.350 e. The summed E-state index contributed by atoms with van der Waals surface area (Å²) in [6.07, 6.45) is 0. The van der Waals surface area contributed by atoms with Crippen molar-refractivity contribution in [1.82, 2.24) is 25.0 Å². The van der Waals surface area contributed by atoms with E-state index in [-0.39, 0.29) is 19.1 Å². The molecule has 4 aromatic rings. The highest BCUT2D eigenvalue weighted by Crippen LogP contribution is 2.18. The zero-order chi connectivity index (χ0) is 21.8. The molecule has 10 heteroatoms. The molecule has 0 unspecified atom stereocenters. The number of rotatable bonds is 6. The van der Waals surface area contributed by atoms with Gasteiger partial charge < -0.3 is 4.74 Å². The highest BCUT2D eigenvalue weighted by Gasteiger charge is 2.19. The fourth-order valence-corrected chi connectivity index (χ4v) is 4.10. The molecule has 1 N–H and O–H groups in total. The van der Waals surface area contributed by atoms with Gasteiger partial charge in [0.2, 0.25) is 4.80 Å². The van der Waals surface area contributed by atoms with Crippen molar-refractivity contribution in [2.45, 2.75) is 20.4 Å². The van der Waals surface area contributed by atoms with E-state index >= 15 is 0 Å². The summed E-state index contributed by atoms with van der Waals surface area (Å²) in [5.41, 5.74) is 5.53. The van der Waals surface area contributed by atoms with Gasteiger partial charge in [0.1, 0.15) is 16.9 Å². The van der Waals surface area contributed by atoms with Crippen molar-refractivity contribution < 1.29 is 14.3 Å². The van der Waals surface area contributed by atoms with E-state index in [0.717, 1.165) is 22.5 Å². The van der Waals surface area contributed by atoms with Gasteiger partial charge in [-0.2, -0.15) is 0 Å². The molecule has 0 saturated carbocycles. The molecule has 2 heterocycles. The van der Waals surface area contributed by atoms with E-state index in [4.69, 9.17) is 4.74 Å². The number of carbonyl (C=O) groups is 2. The SMILES string of the molecule is CCOC(=O)c1s/c(=N\NC(=O)Cn2nnc3ccccc32)n(-c2ccccc2)c1C. The predicted octanol–water partition coefficient (Wildman–Crippen LogP) is 2.40. The van der Waals surface area contributed by atoms with Crippen LogP contribution in [0, 0.1) is 6.92 Å². The Hall–Kier alpha value is -3.79. The second-order valence-electron chi connectivity index (χ2n) is 6.57. The number of esters is 1. The number of fused-ring (bicyclic) bond motifs is 1. The number of hydrogen-bond acceptors (Lipinski definition) is 7. The highest BCUT2D eigenvalue weighted by atomic mass is 32.1. The Balaban J connectivity index is 1.65. The smallest absolute Gasteiger partial charge is 0.350 e. The minimum Gasteiger partial charge on any atom is -0.462 e. The molecule has 9 nitrogen and oxygen atoms in total. The monoisotopic (exact) mass is 436 g/mol. The molecule has 0 fully saturated rings. The van der Waals surface area contributed by atoms with Crippen LogP contribution in [-0.4, -0.2) is 38.0 Å². The summed E-state index contributed by atoms with van der Waals surface area (Å²) >= 11 is 1.15. The van der Waals surface area contributed by atoms with Crippen LogP contribution < -0.4 is 10.2 Å². The van der Waals surface area contributed by atoms with Gasteiger partial charge in [0, 0.05) is 11.4 Å². The Kier molecular flexibility index (Phi) is 5.89. The van der Waals surface area contributed by atoms with Crippen LogP contribution in [0.3, 0.4) is 0 Å². The number of carbonyl (C=O) groups excluding carboxylic acids is 2. The number of thiazole rings is 1. The number of benzene rings is 2. The quantitative estimate of drug-likeness (QED) is 0.369. The standard InChI is InChI=1S/C21H20N6O3S/c1-3-30-20(29)19-14(2)27(15-9-5-4-6-10-15)21(31-19)24-23-18(28)13-26-17-12-8-7-11-16(17)22-25-26/h4-12H,3,13H2,1-2H3,(H,23,28)/b24-21-. The number of para-hydroxylation sites is 2. The third-order valence-electron chi connectivity index (χ3n) is 4.51. The van der Waals surface area contributed by atoms with Gasteiger partial charge >= 0.3 is 5.97 Å². The van der Waals surface area contributed by atoms with Gasteiger partial charge in [-0.15, -0.1) is 10.2 Å². The second kappa shape index (κ2) is 8.92. The lowest BCUT2D eigenvalue weighted by molar-refractivity contribution is -0.121. The number of nitrogens with one attached hydrogen (secondary N) is 1. The van der Waals surface area contributed by atoms with E-state index in [9.17, 15) is 9.59 Å². The van der Waals surface area contributed by atoms with Gasteiger partial charge in [0.05, 0.1) is 12.1 Å². The van der Waals surface area contributed by atoms with Crippen LogP contribution in [0.15, 0.2) is 59.7 Å². The molecule has 0 aliphatic carbocycles. The molecule has 2 aromatic heterocycles. The Morgan fingerprint density at radius 3 is 2.65 bits per heavy atom. The van der Waals surface area contributed by atoms with Gasteiger partial charge in [-0.25, -0.2) is 14.9 Å². The summed E-state index contributed by atoms with van der Waals surface area (Å²) in [6.45, 7) is 3.81. The zero-order valence-corrected chi connectivity index (χ0v) is 17.8. The molecule has 0 bridgehead atoms. The predicted molar refractivity (Wildman–Crippen MR) is 116 cm³/mol. The van der Waals surface area contributed by atoms with E-state index in [1.54, 1.807) is 6.92 Å². The molecule has 0 saturated heterocycles. The highest BCUT2D eigenvalue weighted by molar-refractivity contribution is 7.11. The average molecular weight is 436 g/mol. The van der Waals surface area contributed by atoms with Crippen molar-refractivity contribution in [2.24, 2.45) is 5.10 Å². The first-order valence-corrected chi connectivity index (χ1v) is 10.5. The molecule has 4 rings (SSSR count). The van der Waals surface area contributed by atoms with Crippen molar-refractivity contribution in [3.8, 4) is 5.69 Å². The minimum absolute atomic E-state index is 0.0373. The number of nitrogens with zero attached hydrogens (tertiary/aromatic N) is 5. The fourth-order valence-electron chi connectivity index (χ4n) is 3.11. The van der Waals surface area contributed by atoms with Crippen molar-refractivity contribution in [2.75, 3.05) is 6.61 Å². The van der Waals surface area contributed by atoms with Crippen LogP contribution in [0.5, 0.6) is 0 Å². The lowest BCUT2D eigenvalue weighted by atomic mass is 10.3. The van der Waals surface area contributed by atoms with E-state index in [2.05, 4.69) is 20.8 Å². The Morgan fingerprint density at radius 1 is 1.13 bits per heavy atom. The normalized spacial score (nSPS) is 11.6. The van der Waals surface area contributed by atoms with Crippen LogP contribution in [0.2, 0.25) is 0 Å². The van der Waals surface area contributed by atoms with Gasteiger partial charge in [0.25, 0.3) is 5.91 Å². The number of aromatic nitrogens is 4. The molecular formula is C21H20N6O3S. The number of hydrogen-bond donors (Lipinski definition) is 1. The summed E-state index contributed by atoms with van der Waals surface area (Å²) in [6, 6.07) is 16.9. The summed E-state index contributed by atoms with van der Waals surface area (Å²) in [5.74, 6) is -0.782. The van der Waals surface area contributed by atoms with Crippen molar-refractivity contribution in [1.29, 1.82) is 0 Å². The average Bonchev–Trinajstić information content (AvgIpc) is 3.34. The van der Waals surface area contributed by atoms with Crippen LogP contribution in [0.1, 0.15) is 22.3 Å². The van der Waals surface area contributed by atoms with E-state index in [0.29, 0.717) is 20.9 Å². The summed E-state index contributed by atoms with van der Waals surface area (Å²) in [4.78, 5) is 25.8. The molecule has 0 atom stereocenters. The van der Waals surface area contributed by atoms with E-state index in [1.165, 1.54) is 4.68 Å². The van der Waals surface area contributed by atoms with Crippen LogP contribution in [0.25, 0.3) is 16.7 Å². The van der Waals surface area contributed by atoms with Crippen molar-refractivity contribution in [3.63, 3.8) is 0 Å². The largest absolute Gasteiger partial charge is 0.462 e. The number of ether oxygens (including phenoxy) is 1. The van der Waals surface area contributed by atoms with Crippen LogP contribution >= 0.6 is 11.3 Å². The lowest BCUT2D eigenvalue weighted by Crippen LogP contribution is -2.27. The molecule has 158 valence electrons. The summed E-state index contributed by atoms with van der Waals surface area (Å²) in [5, 5.41) is 12.3. The Labute approximate surface area is 181 Å². The summed E-state index contributed by atoms with van der Waals surface area (Å²) < 4.78 is 8.48. The molecule has 2 aromatic carbocycles. The molecule has 0 spiro atoms. The maximum atomic E-state index is 12.5. The molecule has 0 aliphatic heterocycles. The zero-order valence-electron chi connectivity index (χ0n) is 17.0. The van der Waals surface area contributed by atoms with E-state index in [1.807, 2.05) is 66.1 Å². The van der Waals surface area contributed by atoms with Crippen molar-refractivity contribution >= 4 is 34.2 Å². The van der Waals surface area contributed by atoms with E-state index < -0.39 is 5.97 Å². The molecular weight excluding hydrogens is 416 g/mol. The number of amides is 1. The fraction of sp³-hybridized carbons (Fsp3) is 0.190. The molecule has 0 aliphatic rings. The van der Waals surface area contributed by atoms with Gasteiger partial charge in [-0.3, -0.25) is 9.36 Å². The Bertz CT molecular complexity index is 1310. The van der Waals surface area contributed by atoms with Gasteiger partial charge in [-0.1, -0.05) is 46.9 Å². The topological polar surface area (TPSA) is 103 Å². The first-order chi connectivity index (χ1) is 15.1. The van der Waals surface area contributed by atoms with Gasteiger partial charge in [0.15, 0.2) is 0 Å². The molecule has 1 amide bonds. The maximum absolute atomic E-state index is 12.5. The van der Waals surface area contributed by atoms with Crippen LogP contribution in [0.4, 0.5) is 0 Å². The first-order valence-electron chi connectivity index (χ1n) is 9.64. The first kappa shape index (κ1) is 20.5. The minimum atomic E-state index is -0.420.